The van der Waals surface area contributed by atoms with Crippen LogP contribution in [0.4, 0.5) is 0 Å². The van der Waals surface area contributed by atoms with Gasteiger partial charge in [0.25, 0.3) is 0 Å². The van der Waals surface area contributed by atoms with Crippen molar-refractivity contribution in [2.24, 2.45) is 5.41 Å². The van der Waals surface area contributed by atoms with Gasteiger partial charge in [0.1, 0.15) is 5.75 Å². The van der Waals surface area contributed by atoms with Gasteiger partial charge in [-0.15, -0.1) is 5.06 Å². The number of hydroxylamine groups is 2. The summed E-state index contributed by atoms with van der Waals surface area (Å²) in [7, 11) is 1.90. The zero-order valence-corrected chi connectivity index (χ0v) is 14.1. The average Bonchev–Trinajstić information content (AvgIpc) is 2.53. The van der Waals surface area contributed by atoms with Gasteiger partial charge in [0.15, 0.2) is 5.78 Å². The maximum Gasteiger partial charge on any atom is 0.168 e. The fourth-order valence-corrected chi connectivity index (χ4v) is 2.22. The van der Waals surface area contributed by atoms with E-state index >= 15 is 0 Å². The minimum absolute atomic E-state index is 0.197. The normalized spacial score (nSPS) is 11.9. The number of carbonyl (C=O) groups excluding carboxylic acids is 1. The van der Waals surface area contributed by atoms with E-state index in [1.807, 2.05) is 71.1 Å². The maximum absolute atomic E-state index is 12.6. The Labute approximate surface area is 132 Å². The zero-order chi connectivity index (χ0) is 16.3. The molecule has 0 saturated carbocycles. The smallest absolute Gasteiger partial charge is 0.168 e. The molecule has 3 nitrogen and oxygen atoms in total. The first kappa shape index (κ1) is 16.5. The number of hydrogen-bond acceptors (Lipinski definition) is 3. The van der Waals surface area contributed by atoms with E-state index in [-0.39, 0.29) is 11.2 Å². The molecule has 0 radical (unpaired) electrons. The summed E-state index contributed by atoms with van der Waals surface area (Å²) in [5, 5.41) is 3.92. The van der Waals surface area contributed by atoms with Gasteiger partial charge in [-0.2, -0.15) is 0 Å². The maximum atomic E-state index is 12.6. The summed E-state index contributed by atoms with van der Waals surface area (Å²) < 4.78 is 0. The highest BCUT2D eigenvalue weighted by Crippen LogP contribution is 2.28. The first-order valence-corrected chi connectivity index (χ1v) is 7.85. The van der Waals surface area contributed by atoms with E-state index in [0.717, 1.165) is 35.1 Å². The van der Waals surface area contributed by atoms with Crippen molar-refractivity contribution in [3.63, 3.8) is 0 Å². The third-order valence-corrected chi connectivity index (χ3v) is 4.28. The number of nitrogens with zero attached hydrogens (tertiary/aromatic N) is 1. The number of fused-ring (bicyclic) bond motifs is 1. The summed E-state index contributed by atoms with van der Waals surface area (Å²) in [6.07, 6.45) is 0.833. The van der Waals surface area contributed by atoms with E-state index in [1.165, 1.54) is 0 Å². The molecule has 22 heavy (non-hydrogen) atoms. The Bertz CT molecular complexity index is 676. The minimum Gasteiger partial charge on any atom is -0.406 e. The van der Waals surface area contributed by atoms with Crippen LogP contribution in [0.5, 0.6) is 5.75 Å². The number of rotatable bonds is 6. The zero-order valence-electron chi connectivity index (χ0n) is 14.1. The molecule has 0 N–H and O–H groups in total. The van der Waals surface area contributed by atoms with E-state index in [4.69, 9.17) is 4.84 Å². The molecule has 0 unspecified atom stereocenters. The van der Waals surface area contributed by atoms with Crippen molar-refractivity contribution in [3.05, 3.63) is 42.0 Å². The lowest BCUT2D eigenvalue weighted by atomic mass is 9.81. The summed E-state index contributed by atoms with van der Waals surface area (Å²) in [6, 6.07) is 11.8. The average molecular weight is 299 g/mol. The molecule has 0 heterocycles. The Morgan fingerprint density at radius 3 is 2.36 bits per heavy atom. The molecule has 0 bridgehead atoms. The van der Waals surface area contributed by atoms with Gasteiger partial charge in [-0.05, 0) is 42.3 Å². The standard InChI is InChI=1S/C19H25NO2/c1-6-19(3,4)18(21)16-9-8-15-13-17(22-20(5)7-2)11-10-14(15)12-16/h8-13H,6-7H2,1-5H3. The van der Waals surface area contributed by atoms with Crippen LogP contribution in [0.3, 0.4) is 0 Å². The Morgan fingerprint density at radius 1 is 1.09 bits per heavy atom. The van der Waals surface area contributed by atoms with Crippen molar-refractivity contribution in [1.82, 2.24) is 5.06 Å². The number of Topliss-reactive ketones (excluding diaryl/α,β-unsaturated/α-hetero) is 1. The molecule has 118 valence electrons. The molecule has 3 heteroatoms. The van der Waals surface area contributed by atoms with E-state index in [9.17, 15) is 4.79 Å². The molecule has 0 aliphatic rings. The molecule has 0 aromatic heterocycles. The summed E-state index contributed by atoms with van der Waals surface area (Å²) in [6.45, 7) is 8.90. The minimum atomic E-state index is -0.319. The first-order chi connectivity index (χ1) is 10.4. The van der Waals surface area contributed by atoms with Gasteiger partial charge in [0.05, 0.1) is 0 Å². The fourth-order valence-electron chi connectivity index (χ4n) is 2.22. The number of hydrogen-bond donors (Lipinski definition) is 0. The van der Waals surface area contributed by atoms with Crippen LogP contribution in [0.25, 0.3) is 10.8 Å². The predicted molar refractivity (Wildman–Crippen MR) is 91.3 cm³/mol. The molecule has 0 atom stereocenters. The van der Waals surface area contributed by atoms with Crippen LogP contribution in [0.15, 0.2) is 36.4 Å². The van der Waals surface area contributed by atoms with Crippen molar-refractivity contribution >= 4 is 16.6 Å². The Hall–Kier alpha value is -1.87. The quantitative estimate of drug-likeness (QED) is 0.572. The van der Waals surface area contributed by atoms with Gasteiger partial charge < -0.3 is 4.84 Å². The van der Waals surface area contributed by atoms with Crippen molar-refractivity contribution < 1.29 is 9.63 Å². The van der Waals surface area contributed by atoms with Gasteiger partial charge in [-0.3, -0.25) is 4.79 Å². The number of benzene rings is 2. The summed E-state index contributed by atoms with van der Waals surface area (Å²) >= 11 is 0. The Kier molecular flexibility index (Phi) is 4.87. The molecule has 0 amide bonds. The van der Waals surface area contributed by atoms with E-state index in [1.54, 1.807) is 5.06 Å². The van der Waals surface area contributed by atoms with Crippen LogP contribution >= 0.6 is 0 Å². The second-order valence-electron chi connectivity index (χ2n) is 6.33. The second-order valence-corrected chi connectivity index (χ2v) is 6.33. The molecule has 0 aliphatic heterocycles. The van der Waals surface area contributed by atoms with Gasteiger partial charge in [0.2, 0.25) is 0 Å². The van der Waals surface area contributed by atoms with Crippen LogP contribution < -0.4 is 4.84 Å². The lowest BCUT2D eigenvalue weighted by Gasteiger charge is -2.21. The van der Waals surface area contributed by atoms with Crippen LogP contribution in [-0.2, 0) is 0 Å². The Morgan fingerprint density at radius 2 is 1.73 bits per heavy atom. The summed E-state index contributed by atoms with van der Waals surface area (Å²) in [5.41, 5.74) is 0.458. The molecular formula is C19H25NO2. The molecule has 2 rings (SSSR count). The monoisotopic (exact) mass is 299 g/mol. The van der Waals surface area contributed by atoms with Gasteiger partial charge >= 0.3 is 0 Å². The lowest BCUT2D eigenvalue weighted by Crippen LogP contribution is -2.23. The summed E-state index contributed by atoms with van der Waals surface area (Å²) in [4.78, 5) is 18.2. The van der Waals surface area contributed by atoms with Gasteiger partial charge in [-0.25, -0.2) is 0 Å². The third-order valence-electron chi connectivity index (χ3n) is 4.28. The SMILES string of the molecule is CCN(C)Oc1ccc2cc(C(=O)C(C)(C)CC)ccc2c1. The first-order valence-electron chi connectivity index (χ1n) is 7.85. The highest BCUT2D eigenvalue weighted by Gasteiger charge is 2.26. The topological polar surface area (TPSA) is 29.5 Å². The third kappa shape index (κ3) is 3.47. The summed E-state index contributed by atoms with van der Waals surface area (Å²) in [5.74, 6) is 1.01. The molecule has 2 aromatic carbocycles. The highest BCUT2D eigenvalue weighted by atomic mass is 16.7. The molecule has 0 spiro atoms. The van der Waals surface area contributed by atoms with Crippen molar-refractivity contribution in [2.75, 3.05) is 13.6 Å². The van der Waals surface area contributed by atoms with Crippen LogP contribution in [0, 0.1) is 5.41 Å². The second kappa shape index (κ2) is 6.49. The molecule has 0 aliphatic carbocycles. The lowest BCUT2D eigenvalue weighted by molar-refractivity contribution is -0.0261. The van der Waals surface area contributed by atoms with Gasteiger partial charge in [0, 0.05) is 24.6 Å². The molecular weight excluding hydrogens is 274 g/mol. The molecule has 0 saturated heterocycles. The van der Waals surface area contributed by atoms with E-state index < -0.39 is 0 Å². The van der Waals surface area contributed by atoms with E-state index in [2.05, 4.69) is 0 Å². The number of carbonyl (C=O) groups is 1. The Balaban J connectivity index is 2.33. The van der Waals surface area contributed by atoms with Crippen molar-refractivity contribution in [1.29, 1.82) is 0 Å². The number of ketones is 1. The molecule has 2 aromatic rings. The van der Waals surface area contributed by atoms with Gasteiger partial charge in [-0.1, -0.05) is 39.0 Å². The van der Waals surface area contributed by atoms with E-state index in [0.29, 0.717) is 0 Å². The molecule has 0 fully saturated rings. The largest absolute Gasteiger partial charge is 0.406 e. The highest BCUT2D eigenvalue weighted by molar-refractivity contribution is 6.03. The van der Waals surface area contributed by atoms with Crippen LogP contribution in [0.1, 0.15) is 44.5 Å². The van der Waals surface area contributed by atoms with Crippen LogP contribution in [-0.4, -0.2) is 24.4 Å². The van der Waals surface area contributed by atoms with Crippen molar-refractivity contribution in [2.45, 2.75) is 34.1 Å². The predicted octanol–water partition coefficient (Wildman–Crippen LogP) is 4.70. The fraction of sp³-hybridized carbons (Fsp3) is 0.421. The van der Waals surface area contributed by atoms with Crippen molar-refractivity contribution in [3.8, 4) is 5.75 Å². The van der Waals surface area contributed by atoms with Crippen LogP contribution in [0.2, 0.25) is 0 Å².